The van der Waals surface area contributed by atoms with E-state index < -0.39 is 10.0 Å². The summed E-state index contributed by atoms with van der Waals surface area (Å²) in [6.45, 7) is 4.73. The highest BCUT2D eigenvalue weighted by molar-refractivity contribution is 7.89. The average Bonchev–Trinajstić information content (AvgIpc) is 3.20. The van der Waals surface area contributed by atoms with Gasteiger partial charge in [-0.05, 0) is 37.0 Å². The van der Waals surface area contributed by atoms with Crippen LogP contribution in [0.1, 0.15) is 32.3 Å². The van der Waals surface area contributed by atoms with E-state index in [2.05, 4.69) is 5.32 Å². The van der Waals surface area contributed by atoms with Crippen LogP contribution < -0.4 is 5.32 Å². The molecule has 1 aromatic rings. The summed E-state index contributed by atoms with van der Waals surface area (Å²) in [5.41, 5.74) is 0.404. The number of hydrogen-bond acceptors (Lipinski definition) is 3. The number of nitrogens with zero attached hydrogens (tertiary/aromatic N) is 1. The fourth-order valence-corrected chi connectivity index (χ4v) is 3.57. The van der Waals surface area contributed by atoms with E-state index in [0.29, 0.717) is 24.7 Å². The summed E-state index contributed by atoms with van der Waals surface area (Å²) in [6.07, 6.45) is 2.22. The lowest BCUT2D eigenvalue weighted by Gasteiger charge is -2.19. The lowest BCUT2D eigenvalue weighted by atomic mass is 10.2. The number of sulfonamides is 1. The van der Waals surface area contributed by atoms with E-state index in [9.17, 15) is 12.8 Å². The minimum absolute atomic E-state index is 0.152. The molecule has 0 aliphatic heterocycles. The monoisotopic (exact) mass is 314 g/mol. The third-order valence-corrected chi connectivity index (χ3v) is 5.33. The molecule has 0 unspecified atom stereocenters. The first-order chi connectivity index (χ1) is 9.80. The largest absolute Gasteiger partial charge is 0.310 e. The van der Waals surface area contributed by atoms with Crippen molar-refractivity contribution in [2.75, 3.05) is 13.6 Å². The van der Waals surface area contributed by atoms with Crippen LogP contribution in [-0.4, -0.2) is 32.4 Å². The fourth-order valence-electron chi connectivity index (χ4n) is 2.18. The molecular weight excluding hydrogens is 291 g/mol. The first-order valence-electron chi connectivity index (χ1n) is 7.29. The fraction of sp³-hybridized carbons (Fsp3) is 0.600. The lowest BCUT2D eigenvalue weighted by molar-refractivity contribution is 0.417. The molecule has 0 radical (unpaired) electrons. The van der Waals surface area contributed by atoms with Crippen molar-refractivity contribution in [2.24, 2.45) is 5.92 Å². The Balaban J connectivity index is 2.19. The summed E-state index contributed by atoms with van der Waals surface area (Å²) in [4.78, 5) is 0.152. The summed E-state index contributed by atoms with van der Waals surface area (Å²) in [5, 5.41) is 3.21. The Hall–Kier alpha value is -0.980. The lowest BCUT2D eigenvalue weighted by Crippen LogP contribution is -2.30. The average molecular weight is 314 g/mol. The van der Waals surface area contributed by atoms with E-state index in [-0.39, 0.29) is 16.6 Å². The summed E-state index contributed by atoms with van der Waals surface area (Å²) < 4.78 is 40.0. The maximum Gasteiger partial charge on any atom is 0.242 e. The van der Waals surface area contributed by atoms with Gasteiger partial charge in [0.15, 0.2) is 0 Å². The molecule has 0 aromatic heterocycles. The van der Waals surface area contributed by atoms with Crippen LogP contribution in [0.15, 0.2) is 23.1 Å². The summed E-state index contributed by atoms with van der Waals surface area (Å²) in [6, 6.07) is 4.47. The van der Waals surface area contributed by atoms with Gasteiger partial charge in [0.05, 0.1) is 4.90 Å². The summed E-state index contributed by atoms with van der Waals surface area (Å²) in [7, 11) is -2.00. The van der Waals surface area contributed by atoms with Crippen molar-refractivity contribution in [3.8, 4) is 0 Å². The molecule has 1 N–H and O–H groups in total. The second-order valence-corrected chi connectivity index (χ2v) is 8.13. The predicted molar refractivity (Wildman–Crippen MR) is 80.9 cm³/mol. The molecule has 118 valence electrons. The van der Waals surface area contributed by atoms with Gasteiger partial charge in [-0.15, -0.1) is 0 Å². The van der Waals surface area contributed by atoms with Gasteiger partial charge in [0.2, 0.25) is 10.0 Å². The predicted octanol–water partition coefficient (Wildman–Crippen LogP) is 2.35. The molecule has 1 aliphatic rings. The van der Waals surface area contributed by atoms with Crippen LogP contribution >= 0.6 is 0 Å². The van der Waals surface area contributed by atoms with Crippen molar-refractivity contribution in [3.05, 3.63) is 29.6 Å². The van der Waals surface area contributed by atoms with E-state index in [1.54, 1.807) is 7.05 Å². The molecule has 0 bridgehead atoms. The third kappa shape index (κ3) is 4.25. The molecule has 6 heteroatoms. The molecular formula is C15H23FN2O2S. The molecule has 2 rings (SSSR count). The molecule has 1 aliphatic carbocycles. The molecule has 21 heavy (non-hydrogen) atoms. The molecule has 0 spiro atoms. The van der Waals surface area contributed by atoms with Crippen LogP contribution in [0.4, 0.5) is 4.39 Å². The van der Waals surface area contributed by atoms with Gasteiger partial charge in [0.25, 0.3) is 0 Å². The van der Waals surface area contributed by atoms with E-state index in [1.165, 1.54) is 22.5 Å². The van der Waals surface area contributed by atoms with Gasteiger partial charge >= 0.3 is 0 Å². The number of benzene rings is 1. The van der Waals surface area contributed by atoms with Crippen LogP contribution in [0.2, 0.25) is 0 Å². The van der Waals surface area contributed by atoms with Gasteiger partial charge in [-0.3, -0.25) is 0 Å². The van der Waals surface area contributed by atoms with Crippen LogP contribution in [0.5, 0.6) is 0 Å². The molecule has 1 saturated carbocycles. The van der Waals surface area contributed by atoms with E-state index in [1.807, 2.05) is 13.8 Å². The van der Waals surface area contributed by atoms with Gasteiger partial charge in [-0.2, -0.15) is 0 Å². The Morgan fingerprint density at radius 2 is 2.05 bits per heavy atom. The highest BCUT2D eigenvalue weighted by atomic mass is 32.2. The SMILES string of the molecule is CC(C)CN(C)S(=O)(=O)c1ccc(F)c(CNC2CC2)c1. The number of halogens is 1. The zero-order valence-electron chi connectivity index (χ0n) is 12.8. The topological polar surface area (TPSA) is 49.4 Å². The number of rotatable bonds is 7. The Morgan fingerprint density at radius 1 is 1.38 bits per heavy atom. The highest BCUT2D eigenvalue weighted by Crippen LogP contribution is 2.22. The molecule has 0 atom stereocenters. The van der Waals surface area contributed by atoms with Crippen molar-refractivity contribution in [2.45, 2.75) is 44.2 Å². The van der Waals surface area contributed by atoms with E-state index in [0.717, 1.165) is 12.8 Å². The minimum Gasteiger partial charge on any atom is -0.310 e. The van der Waals surface area contributed by atoms with Gasteiger partial charge in [-0.25, -0.2) is 17.1 Å². The maximum atomic E-state index is 13.8. The Bertz CT molecular complexity index is 598. The zero-order chi connectivity index (χ0) is 15.6. The van der Waals surface area contributed by atoms with Crippen molar-refractivity contribution in [3.63, 3.8) is 0 Å². The zero-order valence-corrected chi connectivity index (χ0v) is 13.6. The minimum atomic E-state index is -3.56. The smallest absolute Gasteiger partial charge is 0.242 e. The van der Waals surface area contributed by atoms with Crippen molar-refractivity contribution in [1.29, 1.82) is 0 Å². The van der Waals surface area contributed by atoms with Crippen LogP contribution in [0, 0.1) is 11.7 Å². The van der Waals surface area contributed by atoms with Gasteiger partial charge < -0.3 is 5.32 Å². The molecule has 4 nitrogen and oxygen atoms in total. The van der Waals surface area contributed by atoms with Crippen molar-refractivity contribution < 1.29 is 12.8 Å². The summed E-state index contributed by atoms with van der Waals surface area (Å²) in [5.74, 6) is -0.130. The number of hydrogen-bond donors (Lipinski definition) is 1. The van der Waals surface area contributed by atoms with Crippen LogP contribution in [0.3, 0.4) is 0 Å². The first-order valence-corrected chi connectivity index (χ1v) is 8.73. The van der Waals surface area contributed by atoms with Crippen LogP contribution in [0.25, 0.3) is 0 Å². The number of nitrogens with one attached hydrogen (secondary N) is 1. The first kappa shape index (κ1) is 16.4. The third-order valence-electron chi connectivity index (χ3n) is 3.51. The van der Waals surface area contributed by atoms with Gasteiger partial charge in [0, 0.05) is 31.7 Å². The van der Waals surface area contributed by atoms with E-state index in [4.69, 9.17) is 0 Å². The van der Waals surface area contributed by atoms with Gasteiger partial charge in [-0.1, -0.05) is 13.8 Å². The molecule has 0 heterocycles. The summed E-state index contributed by atoms with van der Waals surface area (Å²) >= 11 is 0. The second kappa shape index (κ2) is 6.42. The molecule has 0 amide bonds. The standard InChI is InChI=1S/C15H23FN2O2S/c1-11(2)10-18(3)21(19,20)14-6-7-15(16)12(8-14)9-17-13-4-5-13/h6-8,11,13,17H,4-5,9-10H2,1-3H3. The Labute approximate surface area is 126 Å². The van der Waals surface area contributed by atoms with Crippen molar-refractivity contribution >= 4 is 10.0 Å². The quantitative estimate of drug-likeness (QED) is 0.840. The highest BCUT2D eigenvalue weighted by Gasteiger charge is 2.24. The normalized spacial score (nSPS) is 15.9. The van der Waals surface area contributed by atoms with E-state index >= 15 is 0 Å². The maximum absolute atomic E-state index is 13.8. The second-order valence-electron chi connectivity index (χ2n) is 6.09. The van der Waals surface area contributed by atoms with Crippen molar-refractivity contribution in [1.82, 2.24) is 9.62 Å². The Kier molecular flexibility index (Phi) is 5.01. The molecule has 1 aromatic carbocycles. The Morgan fingerprint density at radius 3 is 2.62 bits per heavy atom. The molecule has 1 fully saturated rings. The van der Waals surface area contributed by atoms with Crippen LogP contribution in [-0.2, 0) is 16.6 Å². The van der Waals surface area contributed by atoms with Gasteiger partial charge in [0.1, 0.15) is 5.82 Å². The molecule has 0 saturated heterocycles.